The van der Waals surface area contributed by atoms with Crippen LogP contribution in [-0.2, 0) is 20.8 Å². The minimum atomic E-state index is 0.366. The molecule has 4 nitrogen and oxygen atoms in total. The number of methoxy groups -OCH3 is 1. The Morgan fingerprint density at radius 3 is 2.65 bits per heavy atom. The molecule has 0 radical (unpaired) electrons. The van der Waals surface area contributed by atoms with Gasteiger partial charge in [0.15, 0.2) is 0 Å². The van der Waals surface area contributed by atoms with Crippen molar-refractivity contribution in [1.29, 1.82) is 0 Å². The van der Waals surface area contributed by atoms with Crippen molar-refractivity contribution in [2.75, 3.05) is 40.1 Å². The molecule has 1 aromatic rings. The second-order valence-electron chi connectivity index (χ2n) is 4.17. The van der Waals surface area contributed by atoms with Crippen molar-refractivity contribution < 1.29 is 14.2 Å². The van der Waals surface area contributed by atoms with Gasteiger partial charge in [-0.05, 0) is 18.1 Å². The van der Waals surface area contributed by atoms with E-state index in [9.17, 15) is 0 Å². The summed E-state index contributed by atoms with van der Waals surface area (Å²) < 4.78 is 16.0. The molecule has 0 unspecified atom stereocenters. The van der Waals surface area contributed by atoms with Crippen LogP contribution in [0, 0.1) is 11.8 Å². The van der Waals surface area contributed by atoms with E-state index in [1.165, 1.54) is 0 Å². The Balaban J connectivity index is 2.21. The summed E-state index contributed by atoms with van der Waals surface area (Å²) in [5.74, 6) is 5.91. The van der Waals surface area contributed by atoms with Crippen LogP contribution in [0.15, 0.2) is 24.3 Å². The zero-order valence-corrected chi connectivity index (χ0v) is 12.1. The van der Waals surface area contributed by atoms with Crippen LogP contribution < -0.4 is 5.73 Å². The molecule has 4 heteroatoms. The fraction of sp³-hybridized carbons (Fsp3) is 0.500. The SMILES string of the molecule is COCCCOCCOCc1ccccc1C#CCN. The first kappa shape index (κ1) is 16.7. The summed E-state index contributed by atoms with van der Waals surface area (Å²) >= 11 is 0. The molecule has 2 N–H and O–H groups in total. The van der Waals surface area contributed by atoms with Gasteiger partial charge >= 0.3 is 0 Å². The number of nitrogens with two attached hydrogens (primary N) is 1. The largest absolute Gasteiger partial charge is 0.385 e. The van der Waals surface area contributed by atoms with E-state index in [1.54, 1.807) is 7.11 Å². The van der Waals surface area contributed by atoms with Gasteiger partial charge in [0, 0.05) is 25.9 Å². The predicted molar refractivity (Wildman–Crippen MR) is 79.3 cm³/mol. The van der Waals surface area contributed by atoms with Gasteiger partial charge in [0.05, 0.1) is 26.4 Å². The van der Waals surface area contributed by atoms with E-state index in [0.717, 1.165) is 24.2 Å². The summed E-state index contributed by atoms with van der Waals surface area (Å²) in [5.41, 5.74) is 7.43. The summed E-state index contributed by atoms with van der Waals surface area (Å²) in [6.45, 7) is 3.51. The van der Waals surface area contributed by atoms with Crippen molar-refractivity contribution in [2.24, 2.45) is 5.73 Å². The minimum Gasteiger partial charge on any atom is -0.385 e. The van der Waals surface area contributed by atoms with Crippen molar-refractivity contribution >= 4 is 0 Å². The Bertz CT molecular complexity index is 423. The molecule has 110 valence electrons. The number of hydrogen-bond donors (Lipinski definition) is 1. The molecule has 0 aliphatic heterocycles. The smallest absolute Gasteiger partial charge is 0.0730 e. The highest BCUT2D eigenvalue weighted by Gasteiger charge is 1.99. The maximum Gasteiger partial charge on any atom is 0.0730 e. The summed E-state index contributed by atoms with van der Waals surface area (Å²) in [5, 5.41) is 0. The lowest BCUT2D eigenvalue weighted by Gasteiger charge is -2.07. The molecule has 1 aromatic carbocycles. The fourth-order valence-electron chi connectivity index (χ4n) is 1.62. The molecule has 0 atom stereocenters. The fourth-order valence-corrected chi connectivity index (χ4v) is 1.62. The molecular weight excluding hydrogens is 254 g/mol. The van der Waals surface area contributed by atoms with E-state index < -0.39 is 0 Å². The van der Waals surface area contributed by atoms with Gasteiger partial charge in [-0.15, -0.1) is 0 Å². The Morgan fingerprint density at radius 1 is 1.05 bits per heavy atom. The molecule has 0 spiro atoms. The average Bonchev–Trinajstić information content (AvgIpc) is 2.49. The second-order valence-corrected chi connectivity index (χ2v) is 4.17. The molecule has 0 saturated carbocycles. The molecule has 0 saturated heterocycles. The van der Waals surface area contributed by atoms with Crippen LogP contribution in [0.4, 0.5) is 0 Å². The van der Waals surface area contributed by atoms with Crippen molar-refractivity contribution in [3.63, 3.8) is 0 Å². The van der Waals surface area contributed by atoms with Gasteiger partial charge in [0.1, 0.15) is 0 Å². The first-order valence-corrected chi connectivity index (χ1v) is 6.79. The van der Waals surface area contributed by atoms with E-state index in [-0.39, 0.29) is 0 Å². The maximum absolute atomic E-state index is 5.59. The second kappa shape index (κ2) is 11.4. The zero-order valence-electron chi connectivity index (χ0n) is 12.1. The summed E-state index contributed by atoms with van der Waals surface area (Å²) in [4.78, 5) is 0. The van der Waals surface area contributed by atoms with Crippen LogP contribution in [0.2, 0.25) is 0 Å². The highest BCUT2D eigenvalue weighted by atomic mass is 16.5. The van der Waals surface area contributed by atoms with Crippen molar-refractivity contribution in [3.05, 3.63) is 35.4 Å². The van der Waals surface area contributed by atoms with Gasteiger partial charge in [0.25, 0.3) is 0 Å². The normalized spacial score (nSPS) is 10.1. The Labute approximate surface area is 121 Å². The highest BCUT2D eigenvalue weighted by molar-refractivity contribution is 5.41. The van der Waals surface area contributed by atoms with Crippen LogP contribution >= 0.6 is 0 Å². The Morgan fingerprint density at radius 2 is 1.85 bits per heavy atom. The van der Waals surface area contributed by atoms with Crippen molar-refractivity contribution in [1.82, 2.24) is 0 Å². The number of benzene rings is 1. The van der Waals surface area contributed by atoms with Gasteiger partial charge < -0.3 is 19.9 Å². The molecule has 0 heterocycles. The summed E-state index contributed by atoms with van der Waals surface area (Å²) in [7, 11) is 1.69. The van der Waals surface area contributed by atoms with E-state index in [4.69, 9.17) is 19.9 Å². The van der Waals surface area contributed by atoms with Crippen LogP contribution in [0.3, 0.4) is 0 Å². The molecular formula is C16H23NO3. The van der Waals surface area contributed by atoms with Crippen LogP contribution in [0.5, 0.6) is 0 Å². The number of ether oxygens (including phenoxy) is 3. The maximum atomic E-state index is 5.59. The van der Waals surface area contributed by atoms with Crippen LogP contribution in [-0.4, -0.2) is 40.1 Å². The standard InChI is InChI=1S/C16H23NO3/c1-18-10-5-11-19-12-13-20-14-16-7-3-2-6-15(16)8-4-9-17/h2-3,6-7H,5,9-14,17H2,1H3. The summed E-state index contributed by atoms with van der Waals surface area (Å²) in [6.07, 6.45) is 0.911. The van der Waals surface area contributed by atoms with Gasteiger partial charge in [-0.25, -0.2) is 0 Å². The zero-order chi connectivity index (χ0) is 14.5. The average molecular weight is 277 g/mol. The number of rotatable bonds is 9. The first-order valence-electron chi connectivity index (χ1n) is 6.79. The topological polar surface area (TPSA) is 53.7 Å². The molecule has 0 aliphatic rings. The van der Waals surface area contributed by atoms with Gasteiger partial charge in [-0.1, -0.05) is 30.0 Å². The molecule has 0 amide bonds. The molecule has 20 heavy (non-hydrogen) atoms. The monoisotopic (exact) mass is 277 g/mol. The lowest BCUT2D eigenvalue weighted by atomic mass is 10.1. The van der Waals surface area contributed by atoms with Crippen molar-refractivity contribution in [2.45, 2.75) is 13.0 Å². The molecule has 1 rings (SSSR count). The minimum absolute atomic E-state index is 0.366. The van der Waals surface area contributed by atoms with Crippen LogP contribution in [0.1, 0.15) is 17.5 Å². The molecule has 0 bridgehead atoms. The third-order valence-electron chi connectivity index (χ3n) is 2.61. The van der Waals surface area contributed by atoms with Crippen LogP contribution in [0.25, 0.3) is 0 Å². The third kappa shape index (κ3) is 7.27. The molecule has 0 aromatic heterocycles. The lowest BCUT2D eigenvalue weighted by Crippen LogP contribution is -2.07. The Hall–Kier alpha value is -1.38. The Kier molecular flexibility index (Phi) is 9.54. The predicted octanol–water partition coefficient (Wildman–Crippen LogP) is 1.57. The van der Waals surface area contributed by atoms with E-state index in [2.05, 4.69) is 11.8 Å². The number of hydrogen-bond acceptors (Lipinski definition) is 4. The van der Waals surface area contributed by atoms with E-state index in [0.29, 0.717) is 33.0 Å². The van der Waals surface area contributed by atoms with Gasteiger partial charge in [-0.2, -0.15) is 0 Å². The van der Waals surface area contributed by atoms with Gasteiger partial charge in [0.2, 0.25) is 0 Å². The van der Waals surface area contributed by atoms with Crippen molar-refractivity contribution in [3.8, 4) is 11.8 Å². The summed E-state index contributed by atoms with van der Waals surface area (Å²) in [6, 6.07) is 7.93. The third-order valence-corrected chi connectivity index (χ3v) is 2.61. The van der Waals surface area contributed by atoms with Gasteiger partial charge in [-0.3, -0.25) is 0 Å². The highest BCUT2D eigenvalue weighted by Crippen LogP contribution is 2.08. The van der Waals surface area contributed by atoms with E-state index >= 15 is 0 Å². The lowest BCUT2D eigenvalue weighted by molar-refractivity contribution is 0.0336. The quantitative estimate of drug-likeness (QED) is 0.550. The first-order chi connectivity index (χ1) is 9.88. The molecule has 0 fully saturated rings. The van der Waals surface area contributed by atoms with E-state index in [1.807, 2.05) is 24.3 Å². The molecule has 0 aliphatic carbocycles.